The van der Waals surface area contributed by atoms with Gasteiger partial charge in [0.05, 0.1) is 12.5 Å². The Morgan fingerprint density at radius 2 is 2.20 bits per heavy atom. The van der Waals surface area contributed by atoms with Crippen LogP contribution < -0.4 is 5.32 Å². The SMILES string of the molecule is COCCN(C)CCNC(=O)N1CCC[C@@H](C(=O)O)C1. The fourth-order valence-electron chi connectivity index (χ4n) is 2.19. The van der Waals surface area contributed by atoms with Crippen molar-refractivity contribution in [2.75, 3.05) is 53.5 Å². The minimum absolute atomic E-state index is 0.170. The number of carboxylic acids is 1. The van der Waals surface area contributed by atoms with Crippen LogP contribution in [0.2, 0.25) is 0 Å². The average Bonchev–Trinajstić information content (AvgIpc) is 2.45. The number of rotatable bonds is 7. The zero-order valence-corrected chi connectivity index (χ0v) is 12.3. The summed E-state index contributed by atoms with van der Waals surface area (Å²) < 4.78 is 4.98. The van der Waals surface area contributed by atoms with E-state index in [0.29, 0.717) is 32.7 Å². The summed E-state index contributed by atoms with van der Waals surface area (Å²) in [6, 6.07) is -0.170. The molecule has 0 bridgehead atoms. The monoisotopic (exact) mass is 287 g/mol. The molecule has 2 N–H and O–H groups in total. The maximum atomic E-state index is 11.9. The Balaban J connectivity index is 2.23. The van der Waals surface area contributed by atoms with Crippen LogP contribution in [0.4, 0.5) is 4.79 Å². The molecule has 2 amide bonds. The van der Waals surface area contributed by atoms with Gasteiger partial charge in [-0.05, 0) is 19.9 Å². The van der Waals surface area contributed by atoms with Crippen LogP contribution >= 0.6 is 0 Å². The molecule has 0 unspecified atom stereocenters. The molecule has 7 heteroatoms. The number of carboxylic acid groups (broad SMARTS) is 1. The van der Waals surface area contributed by atoms with E-state index in [1.165, 1.54) is 0 Å². The second kappa shape index (κ2) is 8.76. The van der Waals surface area contributed by atoms with Gasteiger partial charge in [0, 0.05) is 39.8 Å². The predicted molar refractivity (Wildman–Crippen MR) is 74.7 cm³/mol. The molecular weight excluding hydrogens is 262 g/mol. The van der Waals surface area contributed by atoms with Gasteiger partial charge in [-0.25, -0.2) is 4.79 Å². The molecule has 1 saturated heterocycles. The second-order valence-corrected chi connectivity index (χ2v) is 5.15. The number of urea groups is 1. The second-order valence-electron chi connectivity index (χ2n) is 5.15. The van der Waals surface area contributed by atoms with Crippen molar-refractivity contribution in [3.8, 4) is 0 Å². The summed E-state index contributed by atoms with van der Waals surface area (Å²) in [7, 11) is 3.62. The number of ether oxygens (including phenoxy) is 1. The largest absolute Gasteiger partial charge is 0.481 e. The van der Waals surface area contributed by atoms with Crippen molar-refractivity contribution in [2.24, 2.45) is 5.92 Å². The van der Waals surface area contributed by atoms with Crippen LogP contribution in [0.25, 0.3) is 0 Å². The van der Waals surface area contributed by atoms with E-state index < -0.39 is 11.9 Å². The third-order valence-electron chi connectivity index (χ3n) is 3.50. The number of hydrogen-bond donors (Lipinski definition) is 2. The molecule has 116 valence electrons. The first kappa shape index (κ1) is 16.7. The Morgan fingerprint density at radius 3 is 2.85 bits per heavy atom. The Bertz CT molecular complexity index is 325. The minimum Gasteiger partial charge on any atom is -0.481 e. The number of methoxy groups -OCH3 is 1. The van der Waals surface area contributed by atoms with Crippen LogP contribution in [0.1, 0.15) is 12.8 Å². The average molecular weight is 287 g/mol. The lowest BCUT2D eigenvalue weighted by atomic mass is 9.99. The van der Waals surface area contributed by atoms with Crippen molar-refractivity contribution in [3.05, 3.63) is 0 Å². The van der Waals surface area contributed by atoms with Gasteiger partial charge in [-0.1, -0.05) is 0 Å². The fourth-order valence-corrected chi connectivity index (χ4v) is 2.19. The summed E-state index contributed by atoms with van der Waals surface area (Å²) in [5.74, 6) is -1.25. The molecule has 0 aromatic heterocycles. The van der Waals surface area contributed by atoms with Crippen LogP contribution in [0.5, 0.6) is 0 Å². The lowest BCUT2D eigenvalue weighted by Gasteiger charge is -2.31. The van der Waals surface area contributed by atoms with E-state index >= 15 is 0 Å². The van der Waals surface area contributed by atoms with Gasteiger partial charge in [0.1, 0.15) is 0 Å². The van der Waals surface area contributed by atoms with E-state index in [2.05, 4.69) is 10.2 Å². The summed E-state index contributed by atoms with van der Waals surface area (Å²) in [4.78, 5) is 26.6. The Morgan fingerprint density at radius 1 is 1.45 bits per heavy atom. The van der Waals surface area contributed by atoms with Gasteiger partial charge in [-0.3, -0.25) is 4.79 Å². The minimum atomic E-state index is -0.818. The molecule has 0 spiro atoms. The maximum Gasteiger partial charge on any atom is 0.317 e. The third-order valence-corrected chi connectivity index (χ3v) is 3.50. The van der Waals surface area contributed by atoms with Crippen molar-refractivity contribution < 1.29 is 19.4 Å². The molecule has 1 rings (SSSR count). The lowest BCUT2D eigenvalue weighted by Crippen LogP contribution is -2.48. The predicted octanol–water partition coefficient (Wildman–Crippen LogP) is 0.0708. The molecule has 0 radical (unpaired) electrons. The van der Waals surface area contributed by atoms with Gasteiger partial charge in [0.2, 0.25) is 0 Å². The Kier molecular flexibility index (Phi) is 7.32. The fraction of sp³-hybridized carbons (Fsp3) is 0.846. The van der Waals surface area contributed by atoms with Gasteiger partial charge in [0.15, 0.2) is 0 Å². The molecule has 1 aliphatic heterocycles. The first-order chi connectivity index (χ1) is 9.54. The number of carbonyl (C=O) groups is 2. The number of hydrogen-bond acceptors (Lipinski definition) is 4. The summed E-state index contributed by atoms with van der Waals surface area (Å²) in [5.41, 5.74) is 0. The number of amides is 2. The summed E-state index contributed by atoms with van der Waals surface area (Å²) >= 11 is 0. The smallest absolute Gasteiger partial charge is 0.317 e. The first-order valence-corrected chi connectivity index (χ1v) is 6.97. The number of likely N-dealkylation sites (N-methyl/N-ethyl adjacent to an activating group) is 1. The molecule has 7 nitrogen and oxygen atoms in total. The number of piperidine rings is 1. The standard InChI is InChI=1S/C13H25N3O4/c1-15(8-9-20-2)7-5-14-13(19)16-6-3-4-11(10-16)12(17)18/h11H,3-10H2,1-2H3,(H,14,19)(H,17,18)/t11-/m1/s1. The lowest BCUT2D eigenvalue weighted by molar-refractivity contribution is -0.143. The van der Waals surface area contributed by atoms with Crippen LogP contribution in [-0.4, -0.2) is 80.4 Å². The molecule has 0 saturated carbocycles. The van der Waals surface area contributed by atoms with Crippen LogP contribution in [-0.2, 0) is 9.53 Å². The van der Waals surface area contributed by atoms with Crippen molar-refractivity contribution in [1.82, 2.24) is 15.1 Å². The zero-order chi connectivity index (χ0) is 15.0. The van der Waals surface area contributed by atoms with E-state index in [0.717, 1.165) is 19.5 Å². The van der Waals surface area contributed by atoms with Gasteiger partial charge < -0.3 is 25.0 Å². The number of nitrogens with one attached hydrogen (secondary N) is 1. The number of likely N-dealkylation sites (tertiary alicyclic amines) is 1. The molecule has 20 heavy (non-hydrogen) atoms. The van der Waals surface area contributed by atoms with E-state index in [-0.39, 0.29) is 6.03 Å². The van der Waals surface area contributed by atoms with E-state index in [4.69, 9.17) is 9.84 Å². The highest BCUT2D eigenvalue weighted by Crippen LogP contribution is 2.16. The topological polar surface area (TPSA) is 82.1 Å². The van der Waals surface area contributed by atoms with Crippen LogP contribution in [0.15, 0.2) is 0 Å². The summed E-state index contributed by atoms with van der Waals surface area (Å²) in [6.45, 7) is 3.71. The van der Waals surface area contributed by atoms with E-state index in [9.17, 15) is 9.59 Å². The molecule has 1 fully saturated rings. The first-order valence-electron chi connectivity index (χ1n) is 6.97. The zero-order valence-electron chi connectivity index (χ0n) is 12.3. The molecular formula is C13H25N3O4. The molecule has 1 atom stereocenters. The number of aliphatic carboxylic acids is 1. The summed E-state index contributed by atoms with van der Waals surface area (Å²) in [5, 5.41) is 11.8. The van der Waals surface area contributed by atoms with Crippen molar-refractivity contribution >= 4 is 12.0 Å². The van der Waals surface area contributed by atoms with Crippen molar-refractivity contribution in [2.45, 2.75) is 12.8 Å². The van der Waals surface area contributed by atoms with E-state index in [1.807, 2.05) is 7.05 Å². The van der Waals surface area contributed by atoms with Crippen LogP contribution in [0, 0.1) is 5.92 Å². The van der Waals surface area contributed by atoms with E-state index in [1.54, 1.807) is 12.0 Å². The molecule has 1 aliphatic rings. The highest BCUT2D eigenvalue weighted by atomic mass is 16.5. The highest BCUT2D eigenvalue weighted by Gasteiger charge is 2.27. The van der Waals surface area contributed by atoms with Gasteiger partial charge >= 0.3 is 12.0 Å². The van der Waals surface area contributed by atoms with Crippen LogP contribution in [0.3, 0.4) is 0 Å². The molecule has 0 aliphatic carbocycles. The van der Waals surface area contributed by atoms with Gasteiger partial charge in [-0.15, -0.1) is 0 Å². The third kappa shape index (κ3) is 5.75. The van der Waals surface area contributed by atoms with Gasteiger partial charge in [0.25, 0.3) is 0 Å². The van der Waals surface area contributed by atoms with Crippen molar-refractivity contribution in [1.29, 1.82) is 0 Å². The van der Waals surface area contributed by atoms with Crippen molar-refractivity contribution in [3.63, 3.8) is 0 Å². The molecule has 1 heterocycles. The number of nitrogens with zero attached hydrogens (tertiary/aromatic N) is 2. The van der Waals surface area contributed by atoms with Gasteiger partial charge in [-0.2, -0.15) is 0 Å². The molecule has 0 aromatic carbocycles. The number of carbonyl (C=O) groups excluding carboxylic acids is 1. The maximum absolute atomic E-state index is 11.9. The quantitative estimate of drug-likeness (QED) is 0.692. The normalized spacial score (nSPS) is 19.1. The Labute approximate surface area is 119 Å². The summed E-state index contributed by atoms with van der Waals surface area (Å²) in [6.07, 6.45) is 1.40. The highest BCUT2D eigenvalue weighted by molar-refractivity contribution is 5.76. The molecule has 0 aromatic rings. The Hall–Kier alpha value is -1.34.